The molecule has 5 nitrogen and oxygen atoms in total. The first-order valence-electron chi connectivity index (χ1n) is 8.45. The fourth-order valence-corrected chi connectivity index (χ4v) is 3.47. The Morgan fingerprint density at radius 1 is 1.08 bits per heavy atom. The number of ether oxygens (including phenoxy) is 1. The maximum Gasteiger partial charge on any atom is 0.235 e. The Morgan fingerprint density at radius 3 is 2.56 bits per heavy atom. The molecule has 1 fully saturated rings. The number of nitriles is 1. The van der Waals surface area contributed by atoms with Crippen molar-refractivity contribution >= 4 is 16.7 Å². The number of morpholine rings is 1. The quantitative estimate of drug-likeness (QED) is 0.710. The van der Waals surface area contributed by atoms with Gasteiger partial charge in [-0.2, -0.15) is 10.2 Å². The Hall–Kier alpha value is -2.84. The molecule has 1 aliphatic heterocycles. The number of rotatable bonds is 2. The summed E-state index contributed by atoms with van der Waals surface area (Å²) in [5.41, 5.74) is 1.22. The molecule has 1 saturated heterocycles. The van der Waals surface area contributed by atoms with Crippen LogP contribution in [0.3, 0.4) is 0 Å². The highest BCUT2D eigenvalue weighted by molar-refractivity contribution is 5.94. The van der Waals surface area contributed by atoms with Crippen LogP contribution in [0.4, 0.5) is 5.88 Å². The fraction of sp³-hybridized carbons (Fsp3) is 0.300. The molecule has 2 aromatic carbocycles. The fourth-order valence-electron chi connectivity index (χ4n) is 3.47. The molecule has 0 bridgehead atoms. The van der Waals surface area contributed by atoms with Crippen LogP contribution >= 0.6 is 0 Å². The smallest absolute Gasteiger partial charge is 0.235 e. The molecule has 1 aromatic heterocycles. The molecule has 5 heteroatoms. The number of aromatic nitrogens is 1. The molecule has 0 N–H and O–H groups in total. The van der Waals surface area contributed by atoms with Crippen molar-refractivity contribution in [2.45, 2.75) is 26.1 Å². The highest BCUT2D eigenvalue weighted by atomic mass is 16.5. The van der Waals surface area contributed by atoms with E-state index < -0.39 is 0 Å². The van der Waals surface area contributed by atoms with Gasteiger partial charge in [0.2, 0.25) is 17.5 Å². The first-order valence-corrected chi connectivity index (χ1v) is 8.45. The van der Waals surface area contributed by atoms with E-state index in [0.717, 1.165) is 16.3 Å². The van der Waals surface area contributed by atoms with Gasteiger partial charge in [-0.15, -0.1) is 0 Å². The average molecular weight is 333 g/mol. The summed E-state index contributed by atoms with van der Waals surface area (Å²) in [6.07, 6.45) is 0.169. The zero-order valence-corrected chi connectivity index (χ0v) is 14.3. The summed E-state index contributed by atoms with van der Waals surface area (Å²) in [6.45, 7) is 5.42. The number of benzene rings is 2. The van der Waals surface area contributed by atoms with Crippen molar-refractivity contribution < 1.29 is 9.15 Å². The molecule has 0 spiro atoms. The van der Waals surface area contributed by atoms with Gasteiger partial charge in [-0.3, -0.25) is 0 Å². The van der Waals surface area contributed by atoms with E-state index in [2.05, 4.69) is 28.1 Å². The van der Waals surface area contributed by atoms with E-state index in [0.29, 0.717) is 30.6 Å². The molecule has 0 unspecified atom stereocenters. The number of hydrogen-bond acceptors (Lipinski definition) is 5. The zero-order valence-electron chi connectivity index (χ0n) is 14.3. The van der Waals surface area contributed by atoms with Gasteiger partial charge in [-0.1, -0.05) is 36.4 Å². The molecular formula is C20H19N3O2. The molecule has 0 amide bonds. The van der Waals surface area contributed by atoms with E-state index in [1.807, 2.05) is 44.2 Å². The van der Waals surface area contributed by atoms with Gasteiger partial charge >= 0.3 is 0 Å². The lowest BCUT2D eigenvalue weighted by Gasteiger charge is -2.34. The Kier molecular flexibility index (Phi) is 3.90. The topological polar surface area (TPSA) is 62.3 Å². The third kappa shape index (κ3) is 2.86. The van der Waals surface area contributed by atoms with Crippen molar-refractivity contribution in [1.29, 1.82) is 5.26 Å². The van der Waals surface area contributed by atoms with Crippen LogP contribution in [0.2, 0.25) is 0 Å². The van der Waals surface area contributed by atoms with E-state index in [4.69, 9.17) is 9.15 Å². The van der Waals surface area contributed by atoms with E-state index in [1.165, 1.54) is 0 Å². The summed E-state index contributed by atoms with van der Waals surface area (Å²) in [7, 11) is 0. The van der Waals surface area contributed by atoms with Gasteiger partial charge < -0.3 is 14.1 Å². The average Bonchev–Trinajstić information content (AvgIpc) is 3.04. The molecule has 126 valence electrons. The van der Waals surface area contributed by atoms with Gasteiger partial charge in [0.1, 0.15) is 6.07 Å². The van der Waals surface area contributed by atoms with Gasteiger partial charge in [-0.05, 0) is 30.7 Å². The minimum atomic E-state index is 0.0846. The second-order valence-electron chi connectivity index (χ2n) is 6.47. The molecule has 2 atom stereocenters. The Bertz CT molecular complexity index is 942. The summed E-state index contributed by atoms with van der Waals surface area (Å²) < 4.78 is 11.8. The van der Waals surface area contributed by atoms with Crippen molar-refractivity contribution in [3.63, 3.8) is 0 Å². The van der Waals surface area contributed by atoms with Crippen molar-refractivity contribution in [3.05, 3.63) is 48.2 Å². The minimum Gasteiger partial charge on any atom is -0.419 e. The summed E-state index contributed by atoms with van der Waals surface area (Å²) in [5.74, 6) is 1.02. The number of nitrogens with zero attached hydrogens (tertiary/aromatic N) is 3. The first-order chi connectivity index (χ1) is 12.2. The largest absolute Gasteiger partial charge is 0.419 e. The van der Waals surface area contributed by atoms with Crippen LogP contribution in [0.1, 0.15) is 19.5 Å². The van der Waals surface area contributed by atoms with Crippen LogP contribution in [0.25, 0.3) is 22.2 Å². The van der Waals surface area contributed by atoms with Gasteiger partial charge in [-0.25, -0.2) is 0 Å². The summed E-state index contributed by atoms with van der Waals surface area (Å²) in [5, 5.41) is 11.7. The van der Waals surface area contributed by atoms with Gasteiger partial charge in [0.15, 0.2) is 0 Å². The van der Waals surface area contributed by atoms with Crippen LogP contribution in [0, 0.1) is 11.3 Å². The Morgan fingerprint density at radius 2 is 1.80 bits per heavy atom. The third-order valence-electron chi connectivity index (χ3n) is 4.44. The van der Waals surface area contributed by atoms with Gasteiger partial charge in [0.25, 0.3) is 0 Å². The maximum atomic E-state index is 9.52. The highest BCUT2D eigenvalue weighted by Crippen LogP contribution is 2.33. The summed E-state index contributed by atoms with van der Waals surface area (Å²) in [4.78, 5) is 6.52. The summed E-state index contributed by atoms with van der Waals surface area (Å²) >= 11 is 0. The SMILES string of the molecule is C[C@@H]1CN(c2oc(-c3cccc4ccccc34)nc2C#N)C[C@H](C)O1. The lowest BCUT2D eigenvalue weighted by atomic mass is 10.0. The van der Waals surface area contributed by atoms with Crippen molar-refractivity contribution in [2.75, 3.05) is 18.0 Å². The molecule has 0 saturated carbocycles. The zero-order chi connectivity index (χ0) is 17.4. The second kappa shape index (κ2) is 6.23. The number of oxazole rings is 1. The van der Waals surface area contributed by atoms with Crippen molar-refractivity contribution in [2.24, 2.45) is 0 Å². The predicted octanol–water partition coefficient (Wildman–Crippen LogP) is 3.98. The predicted molar refractivity (Wildman–Crippen MR) is 96.4 cm³/mol. The third-order valence-corrected chi connectivity index (χ3v) is 4.44. The Labute approximate surface area is 146 Å². The molecular weight excluding hydrogens is 314 g/mol. The van der Waals surface area contributed by atoms with Crippen LogP contribution in [0.5, 0.6) is 0 Å². The molecule has 1 aliphatic rings. The van der Waals surface area contributed by atoms with Crippen LogP contribution in [0.15, 0.2) is 46.9 Å². The Balaban J connectivity index is 1.80. The van der Waals surface area contributed by atoms with Crippen molar-refractivity contribution in [3.8, 4) is 17.5 Å². The van der Waals surface area contributed by atoms with Gasteiger partial charge in [0.05, 0.1) is 12.2 Å². The molecule has 0 radical (unpaired) electrons. The van der Waals surface area contributed by atoms with E-state index in [-0.39, 0.29) is 12.2 Å². The van der Waals surface area contributed by atoms with Crippen LogP contribution in [-0.2, 0) is 4.74 Å². The first kappa shape index (κ1) is 15.7. The molecule has 25 heavy (non-hydrogen) atoms. The highest BCUT2D eigenvalue weighted by Gasteiger charge is 2.28. The normalized spacial score (nSPS) is 20.6. The number of hydrogen-bond donors (Lipinski definition) is 0. The molecule has 4 rings (SSSR count). The minimum absolute atomic E-state index is 0.0846. The van der Waals surface area contributed by atoms with E-state index in [9.17, 15) is 5.26 Å². The van der Waals surface area contributed by atoms with Crippen LogP contribution in [-0.4, -0.2) is 30.3 Å². The van der Waals surface area contributed by atoms with E-state index >= 15 is 0 Å². The summed E-state index contributed by atoms with van der Waals surface area (Å²) in [6, 6.07) is 16.3. The molecule has 3 aromatic rings. The molecule has 2 heterocycles. The van der Waals surface area contributed by atoms with E-state index in [1.54, 1.807) is 0 Å². The number of anilines is 1. The van der Waals surface area contributed by atoms with Crippen LogP contribution < -0.4 is 4.90 Å². The lowest BCUT2D eigenvalue weighted by molar-refractivity contribution is -0.00638. The maximum absolute atomic E-state index is 9.52. The van der Waals surface area contributed by atoms with Gasteiger partial charge in [0, 0.05) is 18.7 Å². The monoisotopic (exact) mass is 333 g/mol. The molecule has 0 aliphatic carbocycles. The standard InChI is InChI=1S/C20H19N3O2/c1-13-11-23(12-14(2)24-13)20-18(10-21)22-19(25-20)17-9-5-7-15-6-3-4-8-16(15)17/h3-9,13-14H,11-12H2,1-2H3/t13-,14+. The van der Waals surface area contributed by atoms with Crippen molar-refractivity contribution in [1.82, 2.24) is 4.98 Å². The second-order valence-corrected chi connectivity index (χ2v) is 6.47. The number of fused-ring (bicyclic) bond motifs is 1. The lowest BCUT2D eigenvalue weighted by Crippen LogP contribution is -2.45.